The Labute approximate surface area is 159 Å². The van der Waals surface area contributed by atoms with Gasteiger partial charge in [-0.2, -0.15) is 0 Å². The summed E-state index contributed by atoms with van der Waals surface area (Å²) in [4.78, 5) is 16.0. The van der Waals surface area contributed by atoms with E-state index in [9.17, 15) is 13.2 Å². The van der Waals surface area contributed by atoms with E-state index in [1.807, 2.05) is 4.90 Å². The van der Waals surface area contributed by atoms with Crippen molar-refractivity contribution in [3.05, 3.63) is 54.1 Å². The van der Waals surface area contributed by atoms with E-state index in [0.717, 1.165) is 13.1 Å². The fourth-order valence-corrected chi connectivity index (χ4v) is 4.06. The van der Waals surface area contributed by atoms with Crippen molar-refractivity contribution in [1.29, 1.82) is 0 Å². The lowest BCUT2D eigenvalue weighted by Crippen LogP contribution is -3.12. The number of rotatable bonds is 5. The van der Waals surface area contributed by atoms with Crippen LogP contribution in [-0.4, -0.2) is 59.6 Å². The standard InChI is InChI=1S/C19H23N3O4S/c1-21-9-11-22(12-10-21)19(23)15-5-3-6-16(13-15)20-27(24,25)18-8-4-7-17(14-18)26-2/h3-8,13-14,20H,9-12H2,1-2H3/p+1. The molecule has 144 valence electrons. The van der Waals surface area contributed by atoms with Crippen molar-refractivity contribution >= 4 is 21.6 Å². The first kappa shape index (κ1) is 19.2. The maximum atomic E-state index is 12.7. The van der Waals surface area contributed by atoms with Gasteiger partial charge in [0.15, 0.2) is 0 Å². The summed E-state index contributed by atoms with van der Waals surface area (Å²) in [6, 6.07) is 12.8. The molecule has 0 saturated carbocycles. The molecule has 0 radical (unpaired) electrons. The van der Waals surface area contributed by atoms with Gasteiger partial charge in [0, 0.05) is 17.3 Å². The van der Waals surface area contributed by atoms with Gasteiger partial charge in [-0.3, -0.25) is 9.52 Å². The van der Waals surface area contributed by atoms with E-state index in [1.165, 1.54) is 24.1 Å². The molecule has 1 aliphatic rings. The summed E-state index contributed by atoms with van der Waals surface area (Å²) in [7, 11) is -0.192. The van der Waals surface area contributed by atoms with Crippen molar-refractivity contribution in [3.63, 3.8) is 0 Å². The fraction of sp³-hybridized carbons (Fsp3) is 0.316. The van der Waals surface area contributed by atoms with Crippen molar-refractivity contribution in [1.82, 2.24) is 4.90 Å². The highest BCUT2D eigenvalue weighted by Crippen LogP contribution is 2.21. The molecule has 2 N–H and O–H groups in total. The van der Waals surface area contributed by atoms with Crippen LogP contribution < -0.4 is 14.4 Å². The van der Waals surface area contributed by atoms with Crippen LogP contribution >= 0.6 is 0 Å². The molecule has 0 aromatic heterocycles. The Morgan fingerprint density at radius 1 is 1.11 bits per heavy atom. The molecular weight excluding hydrogens is 366 g/mol. The molecular formula is C19H24N3O4S+. The van der Waals surface area contributed by atoms with Gasteiger partial charge in [-0.1, -0.05) is 12.1 Å². The number of amides is 1. The first-order valence-corrected chi connectivity index (χ1v) is 10.2. The third-order valence-electron chi connectivity index (χ3n) is 4.62. The molecule has 0 atom stereocenters. The summed E-state index contributed by atoms with van der Waals surface area (Å²) >= 11 is 0. The number of hydrogen-bond acceptors (Lipinski definition) is 4. The van der Waals surface area contributed by atoms with E-state index in [1.54, 1.807) is 36.4 Å². The number of sulfonamides is 1. The van der Waals surface area contributed by atoms with Gasteiger partial charge in [-0.15, -0.1) is 0 Å². The van der Waals surface area contributed by atoms with Crippen LogP contribution in [0.3, 0.4) is 0 Å². The number of nitrogens with zero attached hydrogens (tertiary/aromatic N) is 1. The Kier molecular flexibility index (Phi) is 5.67. The largest absolute Gasteiger partial charge is 0.497 e. The lowest BCUT2D eigenvalue weighted by Gasteiger charge is -2.30. The number of benzene rings is 2. The number of ether oxygens (including phenoxy) is 1. The Morgan fingerprint density at radius 2 is 1.81 bits per heavy atom. The number of carbonyl (C=O) groups is 1. The average Bonchev–Trinajstić information content (AvgIpc) is 2.68. The summed E-state index contributed by atoms with van der Waals surface area (Å²) in [5.41, 5.74) is 0.823. The summed E-state index contributed by atoms with van der Waals surface area (Å²) in [5, 5.41) is 0. The summed E-state index contributed by atoms with van der Waals surface area (Å²) in [6.07, 6.45) is 0. The van der Waals surface area contributed by atoms with Gasteiger partial charge in [-0.05, 0) is 30.3 Å². The zero-order valence-corrected chi connectivity index (χ0v) is 16.3. The number of carbonyl (C=O) groups excluding carboxylic acids is 1. The third kappa shape index (κ3) is 4.58. The minimum absolute atomic E-state index is 0.0788. The number of hydrogen-bond donors (Lipinski definition) is 2. The SMILES string of the molecule is COc1cccc(S(=O)(=O)Nc2cccc(C(=O)N3CC[NH+](C)CC3)c2)c1. The number of likely N-dealkylation sites (N-methyl/N-ethyl adjacent to an activating group) is 1. The lowest BCUT2D eigenvalue weighted by molar-refractivity contribution is -0.883. The molecule has 3 rings (SSSR count). The van der Waals surface area contributed by atoms with Gasteiger partial charge < -0.3 is 14.5 Å². The summed E-state index contributed by atoms with van der Waals surface area (Å²) < 4.78 is 32.9. The van der Waals surface area contributed by atoms with Crippen LogP contribution in [0.15, 0.2) is 53.4 Å². The van der Waals surface area contributed by atoms with Gasteiger partial charge in [0.05, 0.1) is 45.2 Å². The van der Waals surface area contributed by atoms with Crippen molar-refractivity contribution in [2.75, 3.05) is 45.1 Å². The molecule has 0 bridgehead atoms. The van der Waals surface area contributed by atoms with E-state index in [2.05, 4.69) is 11.8 Å². The second-order valence-corrected chi connectivity index (χ2v) is 8.30. The van der Waals surface area contributed by atoms with Crippen molar-refractivity contribution in [3.8, 4) is 5.75 Å². The topological polar surface area (TPSA) is 80.1 Å². The van der Waals surface area contributed by atoms with Crippen molar-refractivity contribution in [2.45, 2.75) is 4.90 Å². The van der Waals surface area contributed by atoms with Crippen LogP contribution in [0, 0.1) is 0 Å². The molecule has 27 heavy (non-hydrogen) atoms. The minimum atomic E-state index is -3.78. The molecule has 1 aliphatic heterocycles. The molecule has 0 spiro atoms. The first-order chi connectivity index (χ1) is 12.9. The lowest BCUT2D eigenvalue weighted by atomic mass is 10.1. The van der Waals surface area contributed by atoms with Gasteiger partial charge >= 0.3 is 0 Å². The maximum Gasteiger partial charge on any atom is 0.262 e. The Hall–Kier alpha value is -2.58. The summed E-state index contributed by atoms with van der Waals surface area (Å²) in [6.45, 7) is 3.22. The highest BCUT2D eigenvalue weighted by molar-refractivity contribution is 7.92. The van der Waals surface area contributed by atoms with E-state index >= 15 is 0 Å². The number of nitrogens with one attached hydrogen (secondary N) is 2. The molecule has 1 saturated heterocycles. The molecule has 2 aromatic rings. The fourth-order valence-electron chi connectivity index (χ4n) is 2.97. The Balaban J connectivity index is 1.78. The molecule has 0 aliphatic carbocycles. The van der Waals surface area contributed by atoms with Gasteiger partial charge in [0.25, 0.3) is 15.9 Å². The highest BCUT2D eigenvalue weighted by atomic mass is 32.2. The zero-order chi connectivity index (χ0) is 19.4. The molecule has 1 heterocycles. The van der Waals surface area contributed by atoms with E-state index in [0.29, 0.717) is 30.1 Å². The van der Waals surface area contributed by atoms with E-state index < -0.39 is 10.0 Å². The number of piperazine rings is 1. The van der Waals surface area contributed by atoms with Crippen LogP contribution in [0.25, 0.3) is 0 Å². The van der Waals surface area contributed by atoms with Crippen LogP contribution in [0.4, 0.5) is 5.69 Å². The predicted molar refractivity (Wildman–Crippen MR) is 103 cm³/mol. The average molecular weight is 390 g/mol. The Bertz CT molecular complexity index is 922. The van der Waals surface area contributed by atoms with E-state index in [4.69, 9.17) is 4.74 Å². The predicted octanol–water partition coefficient (Wildman–Crippen LogP) is 0.467. The van der Waals surface area contributed by atoms with Crippen LogP contribution in [-0.2, 0) is 10.0 Å². The first-order valence-electron chi connectivity index (χ1n) is 8.76. The molecule has 1 amide bonds. The van der Waals surface area contributed by atoms with E-state index in [-0.39, 0.29) is 10.8 Å². The minimum Gasteiger partial charge on any atom is -0.497 e. The normalized spacial score (nSPS) is 15.4. The second kappa shape index (κ2) is 7.98. The number of methoxy groups -OCH3 is 1. The highest BCUT2D eigenvalue weighted by Gasteiger charge is 2.23. The third-order valence-corrected chi connectivity index (χ3v) is 6.00. The molecule has 7 nitrogen and oxygen atoms in total. The van der Waals surface area contributed by atoms with Crippen LogP contribution in [0.1, 0.15) is 10.4 Å². The summed E-state index contributed by atoms with van der Waals surface area (Å²) in [5.74, 6) is 0.379. The van der Waals surface area contributed by atoms with Crippen LogP contribution in [0.5, 0.6) is 5.75 Å². The zero-order valence-electron chi connectivity index (χ0n) is 15.4. The molecule has 8 heteroatoms. The Morgan fingerprint density at radius 3 is 2.52 bits per heavy atom. The monoisotopic (exact) mass is 390 g/mol. The van der Waals surface area contributed by atoms with Crippen molar-refractivity contribution in [2.24, 2.45) is 0 Å². The second-order valence-electron chi connectivity index (χ2n) is 6.61. The number of quaternary nitrogens is 1. The van der Waals surface area contributed by atoms with Gasteiger partial charge in [0.1, 0.15) is 5.75 Å². The van der Waals surface area contributed by atoms with Crippen molar-refractivity contribution < 1.29 is 22.8 Å². The molecule has 0 unspecified atom stereocenters. The smallest absolute Gasteiger partial charge is 0.262 e. The van der Waals surface area contributed by atoms with Crippen LogP contribution in [0.2, 0.25) is 0 Å². The molecule has 1 fully saturated rings. The molecule has 2 aromatic carbocycles. The number of anilines is 1. The van der Waals surface area contributed by atoms with Gasteiger partial charge in [0.2, 0.25) is 0 Å². The quantitative estimate of drug-likeness (QED) is 0.778. The van der Waals surface area contributed by atoms with Gasteiger partial charge in [-0.25, -0.2) is 8.42 Å². The maximum absolute atomic E-state index is 12.7.